The Morgan fingerprint density at radius 1 is 1.19 bits per heavy atom. The van der Waals surface area contributed by atoms with Gasteiger partial charge in [0.25, 0.3) is 0 Å². The smallest absolute Gasteiger partial charge is 0.221 e. The molecule has 0 aliphatic heterocycles. The SMILES string of the molecule is CCNC(=O)CCS(=O)(=O)c1cc(OC)c(OC)cc1C. The van der Waals surface area contributed by atoms with E-state index in [1.54, 1.807) is 19.9 Å². The van der Waals surface area contributed by atoms with E-state index >= 15 is 0 Å². The molecule has 0 aliphatic rings. The number of carbonyl (C=O) groups is 1. The van der Waals surface area contributed by atoms with Crippen LogP contribution in [0, 0.1) is 6.92 Å². The van der Waals surface area contributed by atoms with Crippen molar-refractivity contribution in [1.82, 2.24) is 5.32 Å². The number of rotatable bonds is 7. The summed E-state index contributed by atoms with van der Waals surface area (Å²) >= 11 is 0. The molecule has 0 heterocycles. The topological polar surface area (TPSA) is 81.7 Å². The average Bonchev–Trinajstić information content (AvgIpc) is 2.45. The first kappa shape index (κ1) is 17.3. The molecule has 1 aromatic carbocycles. The van der Waals surface area contributed by atoms with Gasteiger partial charge >= 0.3 is 0 Å². The summed E-state index contributed by atoms with van der Waals surface area (Å²) in [6.07, 6.45) is -0.0655. The van der Waals surface area contributed by atoms with Gasteiger partial charge in [-0.3, -0.25) is 4.79 Å². The first-order chi connectivity index (χ1) is 9.85. The van der Waals surface area contributed by atoms with Crippen molar-refractivity contribution in [1.29, 1.82) is 0 Å². The van der Waals surface area contributed by atoms with Crippen molar-refractivity contribution in [2.75, 3.05) is 26.5 Å². The highest BCUT2D eigenvalue weighted by Crippen LogP contribution is 2.32. The average molecular weight is 315 g/mol. The zero-order valence-corrected chi connectivity index (χ0v) is 13.5. The zero-order valence-electron chi connectivity index (χ0n) is 12.7. The predicted octanol–water partition coefficient (Wildman–Crippen LogP) is 1.31. The third kappa shape index (κ3) is 4.35. The first-order valence-corrected chi connectivity index (χ1v) is 8.23. The number of hydrogen-bond donors (Lipinski definition) is 1. The van der Waals surface area contributed by atoms with Crippen LogP contribution in [0.1, 0.15) is 18.9 Å². The normalized spacial score (nSPS) is 11.0. The second-order valence-corrected chi connectivity index (χ2v) is 6.57. The summed E-state index contributed by atoms with van der Waals surface area (Å²) in [6.45, 7) is 3.94. The molecule has 0 unspecified atom stereocenters. The molecule has 0 fully saturated rings. The number of amides is 1. The van der Waals surface area contributed by atoms with Crippen LogP contribution in [-0.2, 0) is 14.6 Å². The van der Waals surface area contributed by atoms with Gasteiger partial charge in [0, 0.05) is 19.0 Å². The van der Waals surface area contributed by atoms with E-state index in [0.29, 0.717) is 23.6 Å². The molecule has 118 valence electrons. The van der Waals surface area contributed by atoms with Gasteiger partial charge in [-0.1, -0.05) is 0 Å². The van der Waals surface area contributed by atoms with Crippen molar-refractivity contribution in [3.05, 3.63) is 17.7 Å². The fourth-order valence-corrected chi connectivity index (χ4v) is 3.43. The Bertz CT molecular complexity index is 610. The van der Waals surface area contributed by atoms with Gasteiger partial charge in [0.1, 0.15) is 0 Å². The highest BCUT2D eigenvalue weighted by atomic mass is 32.2. The van der Waals surface area contributed by atoms with Gasteiger partial charge in [-0.15, -0.1) is 0 Å². The summed E-state index contributed by atoms with van der Waals surface area (Å²) < 4.78 is 35.0. The van der Waals surface area contributed by atoms with Crippen molar-refractivity contribution in [2.45, 2.75) is 25.2 Å². The summed E-state index contributed by atoms with van der Waals surface area (Å²) in [5.41, 5.74) is 0.559. The fraction of sp³-hybridized carbons (Fsp3) is 0.500. The van der Waals surface area contributed by atoms with Gasteiger partial charge in [0.05, 0.1) is 24.9 Å². The summed E-state index contributed by atoms with van der Waals surface area (Å²) in [5.74, 6) is 0.298. The molecule has 1 rings (SSSR count). The van der Waals surface area contributed by atoms with Crippen LogP contribution in [0.15, 0.2) is 17.0 Å². The molecule has 0 radical (unpaired) electrons. The first-order valence-electron chi connectivity index (χ1n) is 6.57. The second kappa shape index (κ2) is 7.31. The molecule has 7 heteroatoms. The Morgan fingerprint density at radius 2 is 1.76 bits per heavy atom. The number of nitrogens with one attached hydrogen (secondary N) is 1. The lowest BCUT2D eigenvalue weighted by Crippen LogP contribution is -2.25. The molecule has 1 amide bonds. The zero-order chi connectivity index (χ0) is 16.0. The van der Waals surface area contributed by atoms with Crippen LogP contribution in [0.4, 0.5) is 0 Å². The molecule has 1 aromatic rings. The van der Waals surface area contributed by atoms with E-state index in [1.165, 1.54) is 20.3 Å². The second-order valence-electron chi connectivity index (χ2n) is 4.50. The van der Waals surface area contributed by atoms with Gasteiger partial charge in [-0.2, -0.15) is 0 Å². The Labute approximate surface area is 125 Å². The quantitative estimate of drug-likeness (QED) is 0.820. The molecular formula is C14H21NO5S. The van der Waals surface area contributed by atoms with Crippen LogP contribution in [0.25, 0.3) is 0 Å². The minimum absolute atomic E-state index is 0.0655. The van der Waals surface area contributed by atoms with E-state index < -0.39 is 9.84 Å². The molecule has 21 heavy (non-hydrogen) atoms. The van der Waals surface area contributed by atoms with Crippen molar-refractivity contribution in [3.8, 4) is 11.5 Å². The molecule has 0 atom stereocenters. The van der Waals surface area contributed by atoms with Crippen molar-refractivity contribution < 1.29 is 22.7 Å². The van der Waals surface area contributed by atoms with Gasteiger partial charge in [0.2, 0.25) is 5.91 Å². The number of aryl methyl sites for hydroxylation is 1. The Balaban J connectivity index is 3.05. The molecule has 6 nitrogen and oxygen atoms in total. The summed E-state index contributed by atoms with van der Waals surface area (Å²) in [4.78, 5) is 11.6. The Morgan fingerprint density at radius 3 is 2.29 bits per heavy atom. The van der Waals surface area contributed by atoms with Crippen LogP contribution < -0.4 is 14.8 Å². The number of carbonyl (C=O) groups excluding carboxylic acids is 1. The van der Waals surface area contributed by atoms with E-state index in [2.05, 4.69) is 5.32 Å². The third-order valence-corrected chi connectivity index (χ3v) is 4.84. The number of ether oxygens (including phenoxy) is 2. The minimum atomic E-state index is -3.56. The molecule has 0 saturated carbocycles. The fourth-order valence-electron chi connectivity index (χ4n) is 1.92. The van der Waals surface area contributed by atoms with E-state index in [9.17, 15) is 13.2 Å². The van der Waals surface area contributed by atoms with Gasteiger partial charge < -0.3 is 14.8 Å². The van der Waals surface area contributed by atoms with Crippen LogP contribution in [-0.4, -0.2) is 40.8 Å². The van der Waals surface area contributed by atoms with Crippen LogP contribution in [0.2, 0.25) is 0 Å². The van der Waals surface area contributed by atoms with Crippen molar-refractivity contribution >= 4 is 15.7 Å². The number of methoxy groups -OCH3 is 2. The van der Waals surface area contributed by atoms with Crippen molar-refractivity contribution in [3.63, 3.8) is 0 Å². The summed E-state index contributed by atoms with van der Waals surface area (Å²) in [6, 6.07) is 3.04. The molecule has 0 bridgehead atoms. The largest absolute Gasteiger partial charge is 0.493 e. The number of sulfone groups is 1. The lowest BCUT2D eigenvalue weighted by molar-refractivity contribution is -0.120. The summed E-state index contributed by atoms with van der Waals surface area (Å²) in [7, 11) is -0.629. The van der Waals surface area contributed by atoms with E-state index in [4.69, 9.17) is 9.47 Å². The number of hydrogen-bond acceptors (Lipinski definition) is 5. The molecule has 0 aromatic heterocycles. The monoisotopic (exact) mass is 315 g/mol. The van der Waals surface area contributed by atoms with Gasteiger partial charge in [0.15, 0.2) is 21.3 Å². The molecule has 1 N–H and O–H groups in total. The van der Waals surface area contributed by atoms with Gasteiger partial charge in [-0.25, -0.2) is 8.42 Å². The summed E-state index contributed by atoms with van der Waals surface area (Å²) in [5, 5.41) is 2.58. The minimum Gasteiger partial charge on any atom is -0.493 e. The maximum Gasteiger partial charge on any atom is 0.221 e. The van der Waals surface area contributed by atoms with Crippen LogP contribution in [0.3, 0.4) is 0 Å². The highest BCUT2D eigenvalue weighted by Gasteiger charge is 2.21. The third-order valence-electron chi connectivity index (χ3n) is 2.99. The van der Waals surface area contributed by atoms with E-state index in [1.807, 2.05) is 0 Å². The predicted molar refractivity (Wildman–Crippen MR) is 79.6 cm³/mol. The highest BCUT2D eigenvalue weighted by molar-refractivity contribution is 7.91. The van der Waals surface area contributed by atoms with Crippen molar-refractivity contribution in [2.24, 2.45) is 0 Å². The maximum atomic E-state index is 12.4. The molecule has 0 aliphatic carbocycles. The van der Waals surface area contributed by atoms with Crippen LogP contribution >= 0.6 is 0 Å². The Kier molecular flexibility index (Phi) is 6.02. The lowest BCUT2D eigenvalue weighted by Gasteiger charge is -2.13. The maximum absolute atomic E-state index is 12.4. The standard InChI is InChI=1S/C14H21NO5S/c1-5-15-14(16)6-7-21(17,18)13-9-12(20-4)11(19-3)8-10(13)2/h8-9H,5-7H2,1-4H3,(H,15,16). The lowest BCUT2D eigenvalue weighted by atomic mass is 10.2. The van der Waals surface area contributed by atoms with E-state index in [-0.39, 0.29) is 23.0 Å². The molecule has 0 saturated heterocycles. The number of benzene rings is 1. The molecular weight excluding hydrogens is 294 g/mol. The van der Waals surface area contributed by atoms with E-state index in [0.717, 1.165) is 0 Å². The Hall–Kier alpha value is -1.76. The molecule has 0 spiro atoms. The van der Waals surface area contributed by atoms with Crippen LogP contribution in [0.5, 0.6) is 11.5 Å². The van der Waals surface area contributed by atoms with Gasteiger partial charge in [-0.05, 0) is 25.5 Å².